The summed E-state index contributed by atoms with van der Waals surface area (Å²) in [6, 6.07) is 3.36. The Hall–Kier alpha value is -2.07. The molecule has 6 nitrogen and oxygen atoms in total. The molecule has 0 spiro atoms. The molecule has 0 aliphatic rings. The standard InChI is InChI=1S/C12H9ClF3N3O3S/c1-23(20,21)19-10-3-2-8(6-17-10)22-11-9(13)4-7(5-18-11)12(14,15)16/h2-6H,1H3,(H,17,19). The number of alkyl halides is 3. The highest BCUT2D eigenvalue weighted by molar-refractivity contribution is 7.92. The maximum Gasteiger partial charge on any atom is 0.417 e. The lowest BCUT2D eigenvalue weighted by Crippen LogP contribution is -2.10. The van der Waals surface area contributed by atoms with Gasteiger partial charge in [-0.25, -0.2) is 18.4 Å². The Balaban J connectivity index is 2.16. The van der Waals surface area contributed by atoms with Gasteiger partial charge in [-0.05, 0) is 18.2 Å². The number of aromatic nitrogens is 2. The highest BCUT2D eigenvalue weighted by Gasteiger charge is 2.31. The number of nitrogens with one attached hydrogen (secondary N) is 1. The molecule has 1 N–H and O–H groups in total. The zero-order valence-electron chi connectivity index (χ0n) is 11.4. The number of halogens is 4. The van der Waals surface area contributed by atoms with Gasteiger partial charge in [-0.3, -0.25) is 4.72 Å². The van der Waals surface area contributed by atoms with E-state index in [0.717, 1.165) is 6.26 Å². The van der Waals surface area contributed by atoms with Crippen molar-refractivity contribution < 1.29 is 26.3 Å². The molecule has 0 radical (unpaired) electrons. The maximum absolute atomic E-state index is 12.5. The van der Waals surface area contributed by atoms with E-state index in [4.69, 9.17) is 16.3 Å². The molecular formula is C12H9ClF3N3O3S. The van der Waals surface area contributed by atoms with Gasteiger partial charge in [-0.2, -0.15) is 13.2 Å². The monoisotopic (exact) mass is 367 g/mol. The van der Waals surface area contributed by atoms with E-state index in [-0.39, 0.29) is 22.5 Å². The van der Waals surface area contributed by atoms with E-state index in [2.05, 4.69) is 14.7 Å². The molecule has 0 aromatic carbocycles. The van der Waals surface area contributed by atoms with Crippen molar-refractivity contribution in [3.63, 3.8) is 0 Å². The second kappa shape index (κ2) is 6.20. The topological polar surface area (TPSA) is 81.2 Å². The molecule has 0 unspecified atom stereocenters. The fourth-order valence-corrected chi connectivity index (χ4v) is 2.16. The summed E-state index contributed by atoms with van der Waals surface area (Å²) in [5.41, 5.74) is -0.999. The van der Waals surface area contributed by atoms with Crippen molar-refractivity contribution in [1.82, 2.24) is 9.97 Å². The van der Waals surface area contributed by atoms with Gasteiger partial charge in [0.1, 0.15) is 16.6 Å². The lowest BCUT2D eigenvalue weighted by Gasteiger charge is -2.10. The molecular weight excluding hydrogens is 359 g/mol. The summed E-state index contributed by atoms with van der Waals surface area (Å²) in [7, 11) is -3.47. The number of ether oxygens (including phenoxy) is 1. The van der Waals surface area contributed by atoms with E-state index in [1.165, 1.54) is 18.3 Å². The van der Waals surface area contributed by atoms with E-state index >= 15 is 0 Å². The molecule has 23 heavy (non-hydrogen) atoms. The van der Waals surface area contributed by atoms with Crippen LogP contribution in [0.25, 0.3) is 0 Å². The number of pyridine rings is 2. The molecule has 0 bridgehead atoms. The van der Waals surface area contributed by atoms with Crippen LogP contribution in [0, 0.1) is 0 Å². The van der Waals surface area contributed by atoms with Crippen molar-refractivity contribution in [2.24, 2.45) is 0 Å². The molecule has 2 heterocycles. The van der Waals surface area contributed by atoms with Crippen LogP contribution in [0.5, 0.6) is 11.6 Å². The zero-order chi connectivity index (χ0) is 17.3. The highest BCUT2D eigenvalue weighted by Crippen LogP contribution is 2.34. The second-order valence-corrected chi connectivity index (χ2v) is 6.52. The summed E-state index contributed by atoms with van der Waals surface area (Å²) in [6.45, 7) is 0. The van der Waals surface area contributed by atoms with Gasteiger partial charge in [-0.15, -0.1) is 0 Å². The fraction of sp³-hybridized carbons (Fsp3) is 0.167. The Morgan fingerprint density at radius 3 is 2.39 bits per heavy atom. The minimum atomic E-state index is -4.56. The molecule has 0 fully saturated rings. The lowest BCUT2D eigenvalue weighted by atomic mass is 10.3. The smallest absolute Gasteiger partial charge is 0.417 e. The predicted molar refractivity (Wildman–Crippen MR) is 77.0 cm³/mol. The molecule has 0 aliphatic heterocycles. The first-order valence-electron chi connectivity index (χ1n) is 5.89. The lowest BCUT2D eigenvalue weighted by molar-refractivity contribution is -0.137. The number of anilines is 1. The third-order valence-electron chi connectivity index (χ3n) is 2.38. The fourth-order valence-electron chi connectivity index (χ4n) is 1.46. The average molecular weight is 368 g/mol. The van der Waals surface area contributed by atoms with Crippen molar-refractivity contribution in [3.05, 3.63) is 41.2 Å². The molecule has 0 amide bonds. The number of sulfonamides is 1. The number of rotatable bonds is 4. The second-order valence-electron chi connectivity index (χ2n) is 4.36. The van der Waals surface area contributed by atoms with Crippen LogP contribution in [0.2, 0.25) is 5.02 Å². The first-order chi connectivity index (χ1) is 10.5. The molecule has 0 aliphatic carbocycles. The van der Waals surface area contributed by atoms with Gasteiger partial charge in [0.15, 0.2) is 0 Å². The Morgan fingerprint density at radius 1 is 1.22 bits per heavy atom. The summed E-state index contributed by atoms with van der Waals surface area (Å²) in [6.07, 6.45) is -1.84. The van der Waals surface area contributed by atoms with Gasteiger partial charge in [-0.1, -0.05) is 11.6 Å². The van der Waals surface area contributed by atoms with Crippen LogP contribution in [0.15, 0.2) is 30.6 Å². The van der Waals surface area contributed by atoms with Crippen LogP contribution >= 0.6 is 11.6 Å². The molecule has 2 rings (SSSR count). The summed E-state index contributed by atoms with van der Waals surface area (Å²) in [5, 5.41) is -0.321. The van der Waals surface area contributed by atoms with Crippen LogP contribution < -0.4 is 9.46 Å². The van der Waals surface area contributed by atoms with Gasteiger partial charge in [0.05, 0.1) is 18.0 Å². The van der Waals surface area contributed by atoms with Crippen molar-refractivity contribution in [2.75, 3.05) is 11.0 Å². The Labute approximate surface area is 134 Å². The molecule has 0 saturated heterocycles. The Bertz CT molecular complexity index is 811. The molecule has 2 aromatic rings. The van der Waals surface area contributed by atoms with Crippen molar-refractivity contribution >= 4 is 27.4 Å². The van der Waals surface area contributed by atoms with Crippen LogP contribution in [-0.2, 0) is 16.2 Å². The quantitative estimate of drug-likeness (QED) is 0.896. The summed E-state index contributed by atoms with van der Waals surface area (Å²) >= 11 is 5.70. The minimum Gasteiger partial charge on any atom is -0.436 e. The van der Waals surface area contributed by atoms with Gasteiger partial charge in [0, 0.05) is 6.20 Å². The summed E-state index contributed by atoms with van der Waals surface area (Å²) < 4.78 is 66.9. The zero-order valence-corrected chi connectivity index (χ0v) is 13.0. The summed E-state index contributed by atoms with van der Waals surface area (Å²) in [4.78, 5) is 7.29. The number of hydrogen-bond acceptors (Lipinski definition) is 5. The highest BCUT2D eigenvalue weighted by atomic mass is 35.5. The van der Waals surface area contributed by atoms with Crippen molar-refractivity contribution in [2.45, 2.75) is 6.18 Å². The van der Waals surface area contributed by atoms with Crippen molar-refractivity contribution in [1.29, 1.82) is 0 Å². The molecule has 11 heteroatoms. The minimum absolute atomic E-state index is 0.0614. The van der Waals surface area contributed by atoms with E-state index < -0.39 is 21.8 Å². The SMILES string of the molecule is CS(=O)(=O)Nc1ccc(Oc2ncc(C(F)(F)F)cc2Cl)cn1. The number of hydrogen-bond donors (Lipinski definition) is 1. The van der Waals surface area contributed by atoms with E-state index in [0.29, 0.717) is 12.3 Å². The Kier molecular flexibility index (Phi) is 4.66. The van der Waals surface area contributed by atoms with Gasteiger partial charge < -0.3 is 4.74 Å². The van der Waals surface area contributed by atoms with Crippen LogP contribution in [0.1, 0.15) is 5.56 Å². The normalized spacial score (nSPS) is 12.0. The van der Waals surface area contributed by atoms with Gasteiger partial charge in [0.25, 0.3) is 0 Å². The molecule has 0 atom stereocenters. The molecule has 124 valence electrons. The molecule has 2 aromatic heterocycles. The summed E-state index contributed by atoms with van der Waals surface area (Å²) in [5.74, 6) is -0.0465. The van der Waals surface area contributed by atoms with E-state index in [1.54, 1.807) is 0 Å². The van der Waals surface area contributed by atoms with Crippen LogP contribution in [-0.4, -0.2) is 24.6 Å². The third-order valence-corrected chi connectivity index (χ3v) is 3.23. The van der Waals surface area contributed by atoms with Crippen LogP contribution in [0.3, 0.4) is 0 Å². The Morgan fingerprint density at radius 2 is 1.91 bits per heavy atom. The van der Waals surface area contributed by atoms with Crippen molar-refractivity contribution in [3.8, 4) is 11.6 Å². The van der Waals surface area contributed by atoms with E-state index in [9.17, 15) is 21.6 Å². The van der Waals surface area contributed by atoms with Gasteiger partial charge >= 0.3 is 6.18 Å². The first-order valence-corrected chi connectivity index (χ1v) is 8.16. The average Bonchev–Trinajstić information content (AvgIpc) is 2.40. The first kappa shape index (κ1) is 17.3. The van der Waals surface area contributed by atoms with Gasteiger partial charge in [0.2, 0.25) is 15.9 Å². The third kappa shape index (κ3) is 4.96. The molecule has 0 saturated carbocycles. The van der Waals surface area contributed by atoms with E-state index in [1.807, 2.05) is 0 Å². The largest absolute Gasteiger partial charge is 0.436 e. The maximum atomic E-state index is 12.5. The predicted octanol–water partition coefficient (Wildman–Crippen LogP) is 3.31. The number of nitrogens with zero attached hydrogens (tertiary/aromatic N) is 2. The van der Waals surface area contributed by atoms with Crippen LogP contribution in [0.4, 0.5) is 19.0 Å².